The summed E-state index contributed by atoms with van der Waals surface area (Å²) in [5, 5.41) is -0.327. The highest BCUT2D eigenvalue weighted by atomic mass is 35.5. The molecule has 0 aliphatic heterocycles. The van der Waals surface area contributed by atoms with Gasteiger partial charge in [-0.1, -0.05) is 92.0 Å². The zero-order valence-electron chi connectivity index (χ0n) is 23.6. The molecule has 0 spiro atoms. The van der Waals surface area contributed by atoms with Crippen LogP contribution in [0.4, 0.5) is 26.3 Å². The van der Waals surface area contributed by atoms with E-state index in [-0.39, 0.29) is 10.6 Å². The Morgan fingerprint density at radius 3 is 1.77 bits per heavy atom. The maximum absolute atomic E-state index is 15.2. The lowest BCUT2D eigenvalue weighted by Crippen LogP contribution is -2.25. The fraction of sp³-hybridized carbons (Fsp3) is 0.167. The average molecular weight is 625 g/mol. The summed E-state index contributed by atoms with van der Waals surface area (Å²) in [6.07, 6.45) is 0.0308. The van der Waals surface area contributed by atoms with Crippen LogP contribution < -0.4 is 4.74 Å². The first-order valence-electron chi connectivity index (χ1n) is 14.1. The summed E-state index contributed by atoms with van der Waals surface area (Å²) in [6.45, 7) is 2.16. The van der Waals surface area contributed by atoms with Crippen molar-refractivity contribution in [2.75, 3.05) is 0 Å². The molecule has 8 heteroatoms. The number of ether oxygens (including phenoxy) is 1. The molecular formula is C36H27ClF6O. The molecule has 44 heavy (non-hydrogen) atoms. The first kappa shape index (κ1) is 31.2. The van der Waals surface area contributed by atoms with Crippen molar-refractivity contribution in [3.63, 3.8) is 0 Å². The molecule has 0 heterocycles. The number of unbranched alkanes of at least 4 members (excludes halogenated alkanes) is 2. The standard InChI is InChI=1S/C36H27ClF6O/c1-2-3-4-5-22-6-8-23(9-7-22)26-14-16-29(31(38)18-26)25-12-10-24(11-13-25)27-19-33(40)35(34(41)20-27)36(42,43)44-28-15-17-30(37)32(39)21-28/h6-21H,2-5H2,1H3. The number of halogens is 7. The summed E-state index contributed by atoms with van der Waals surface area (Å²) in [5.74, 6) is -5.24. The molecule has 1 nitrogen and oxygen atoms in total. The maximum atomic E-state index is 15.2. The van der Waals surface area contributed by atoms with Gasteiger partial charge in [0.1, 0.15) is 34.6 Å². The second-order valence-electron chi connectivity index (χ2n) is 10.4. The molecule has 0 aromatic heterocycles. The number of alkyl halides is 2. The van der Waals surface area contributed by atoms with Crippen molar-refractivity contribution >= 4 is 11.6 Å². The predicted octanol–water partition coefficient (Wildman–Crippen LogP) is 11.8. The number of rotatable bonds is 10. The lowest BCUT2D eigenvalue weighted by Gasteiger charge is -2.20. The van der Waals surface area contributed by atoms with Gasteiger partial charge < -0.3 is 4.74 Å². The summed E-state index contributed by atoms with van der Waals surface area (Å²) < 4.78 is 92.4. The minimum absolute atomic E-state index is 0.0161. The Hall–Kier alpha value is -4.23. The van der Waals surface area contributed by atoms with Gasteiger partial charge in [0.2, 0.25) is 0 Å². The molecule has 5 aromatic rings. The molecule has 0 aliphatic rings. The molecule has 0 fully saturated rings. The highest BCUT2D eigenvalue weighted by Gasteiger charge is 2.41. The van der Waals surface area contributed by atoms with Gasteiger partial charge in [-0.2, -0.15) is 8.78 Å². The molecule has 0 aliphatic carbocycles. The van der Waals surface area contributed by atoms with Crippen molar-refractivity contribution in [1.82, 2.24) is 0 Å². The summed E-state index contributed by atoms with van der Waals surface area (Å²) in [7, 11) is 0. The van der Waals surface area contributed by atoms with E-state index in [1.54, 1.807) is 18.2 Å². The van der Waals surface area contributed by atoms with E-state index >= 15 is 4.39 Å². The van der Waals surface area contributed by atoms with Gasteiger partial charge in [0.15, 0.2) is 0 Å². The van der Waals surface area contributed by atoms with Crippen molar-refractivity contribution in [2.24, 2.45) is 0 Å². The summed E-state index contributed by atoms with van der Waals surface area (Å²) in [4.78, 5) is 0. The molecule has 0 N–H and O–H groups in total. The van der Waals surface area contributed by atoms with Crippen LogP contribution in [-0.2, 0) is 12.5 Å². The van der Waals surface area contributed by atoms with E-state index < -0.39 is 40.7 Å². The minimum atomic E-state index is -4.45. The van der Waals surface area contributed by atoms with Crippen molar-refractivity contribution in [1.29, 1.82) is 0 Å². The first-order chi connectivity index (χ1) is 21.1. The van der Waals surface area contributed by atoms with Crippen LogP contribution >= 0.6 is 11.6 Å². The van der Waals surface area contributed by atoms with Crippen LogP contribution in [0.15, 0.2) is 97.1 Å². The number of aryl methyl sites for hydroxylation is 1. The summed E-state index contributed by atoms with van der Waals surface area (Å²) in [6, 6.07) is 23.2. The fourth-order valence-electron chi connectivity index (χ4n) is 4.97. The third kappa shape index (κ3) is 6.94. The molecule has 0 bridgehead atoms. The molecule has 0 saturated carbocycles. The van der Waals surface area contributed by atoms with E-state index in [1.807, 2.05) is 18.2 Å². The van der Waals surface area contributed by atoms with Crippen LogP contribution in [0.25, 0.3) is 33.4 Å². The van der Waals surface area contributed by atoms with Gasteiger partial charge >= 0.3 is 6.11 Å². The topological polar surface area (TPSA) is 9.23 Å². The minimum Gasteiger partial charge on any atom is -0.429 e. The highest BCUT2D eigenvalue weighted by molar-refractivity contribution is 6.30. The van der Waals surface area contributed by atoms with Crippen LogP contribution in [0, 0.1) is 23.3 Å². The predicted molar refractivity (Wildman–Crippen MR) is 162 cm³/mol. The van der Waals surface area contributed by atoms with Crippen LogP contribution in [0.5, 0.6) is 5.75 Å². The Balaban J connectivity index is 1.33. The third-order valence-electron chi connectivity index (χ3n) is 7.32. The molecule has 0 unspecified atom stereocenters. The van der Waals surface area contributed by atoms with E-state index in [2.05, 4.69) is 23.8 Å². The van der Waals surface area contributed by atoms with Gasteiger partial charge in [0, 0.05) is 11.6 Å². The number of hydrogen-bond acceptors (Lipinski definition) is 1. The first-order valence-corrected chi connectivity index (χ1v) is 14.4. The van der Waals surface area contributed by atoms with Gasteiger partial charge in [-0.3, -0.25) is 0 Å². The maximum Gasteiger partial charge on any atom is 0.432 e. The van der Waals surface area contributed by atoms with Crippen molar-refractivity contribution in [2.45, 2.75) is 38.7 Å². The second-order valence-corrected chi connectivity index (χ2v) is 10.8. The van der Waals surface area contributed by atoms with Gasteiger partial charge in [-0.25, -0.2) is 17.6 Å². The molecular weight excluding hydrogens is 598 g/mol. The summed E-state index contributed by atoms with van der Waals surface area (Å²) >= 11 is 5.54. The molecule has 226 valence electrons. The van der Waals surface area contributed by atoms with Crippen LogP contribution in [-0.4, -0.2) is 0 Å². The van der Waals surface area contributed by atoms with Gasteiger partial charge in [0.25, 0.3) is 0 Å². The second kappa shape index (κ2) is 13.2. The molecule has 0 amide bonds. The Kier molecular flexibility index (Phi) is 9.35. The van der Waals surface area contributed by atoms with E-state index in [0.29, 0.717) is 22.8 Å². The van der Waals surface area contributed by atoms with Crippen LogP contribution in [0.2, 0.25) is 5.02 Å². The Bertz CT molecular complexity index is 1740. The molecule has 5 rings (SSSR count). The Labute approximate surface area is 256 Å². The van der Waals surface area contributed by atoms with Crippen molar-refractivity contribution in [3.8, 4) is 39.1 Å². The van der Waals surface area contributed by atoms with E-state index in [9.17, 15) is 22.0 Å². The summed E-state index contributed by atoms with van der Waals surface area (Å²) in [5.41, 5.74) is 2.41. The quantitative estimate of drug-likeness (QED) is 0.111. The molecule has 0 saturated heterocycles. The third-order valence-corrected chi connectivity index (χ3v) is 7.63. The Morgan fingerprint density at radius 1 is 0.591 bits per heavy atom. The monoisotopic (exact) mass is 624 g/mol. The normalized spacial score (nSPS) is 11.5. The van der Waals surface area contributed by atoms with Crippen molar-refractivity contribution < 1.29 is 31.1 Å². The molecule has 5 aromatic carbocycles. The lowest BCUT2D eigenvalue weighted by molar-refractivity contribution is -0.189. The van der Waals surface area contributed by atoms with Crippen LogP contribution in [0.3, 0.4) is 0 Å². The smallest absolute Gasteiger partial charge is 0.429 e. The molecule has 0 atom stereocenters. The van der Waals surface area contributed by atoms with Crippen molar-refractivity contribution in [3.05, 3.63) is 136 Å². The average Bonchev–Trinajstić information content (AvgIpc) is 2.99. The highest BCUT2D eigenvalue weighted by Crippen LogP contribution is 2.38. The zero-order chi connectivity index (χ0) is 31.4. The van der Waals surface area contributed by atoms with Crippen LogP contribution in [0.1, 0.15) is 37.3 Å². The van der Waals surface area contributed by atoms with E-state index in [1.165, 1.54) is 30.2 Å². The van der Waals surface area contributed by atoms with Gasteiger partial charge in [0.05, 0.1) is 5.02 Å². The molecule has 0 radical (unpaired) electrons. The van der Waals surface area contributed by atoms with Gasteiger partial charge in [-0.05, 0) is 76.6 Å². The zero-order valence-corrected chi connectivity index (χ0v) is 24.4. The fourth-order valence-corrected chi connectivity index (χ4v) is 5.09. The Morgan fingerprint density at radius 2 is 1.16 bits per heavy atom. The number of hydrogen-bond donors (Lipinski definition) is 0. The lowest BCUT2D eigenvalue weighted by atomic mass is 9.96. The van der Waals surface area contributed by atoms with Gasteiger partial charge in [-0.15, -0.1) is 0 Å². The largest absolute Gasteiger partial charge is 0.432 e. The van der Waals surface area contributed by atoms with E-state index in [4.69, 9.17) is 11.6 Å². The SMILES string of the molecule is CCCCCc1ccc(-c2ccc(-c3ccc(-c4cc(F)c(C(F)(F)Oc5ccc(Cl)c(F)c5)c(F)c4)cc3)c(F)c2)cc1. The van der Waals surface area contributed by atoms with E-state index in [0.717, 1.165) is 54.7 Å². The number of benzene rings is 5.